The molecule has 2 aromatic carbocycles. The summed E-state index contributed by atoms with van der Waals surface area (Å²) in [5.74, 6) is 0.748. The van der Waals surface area contributed by atoms with Crippen molar-refractivity contribution in [2.24, 2.45) is 4.99 Å². The average molecular weight is 533 g/mol. The van der Waals surface area contributed by atoms with Crippen LogP contribution in [-0.4, -0.2) is 99.5 Å². The Morgan fingerprint density at radius 3 is 2.46 bits per heavy atom. The van der Waals surface area contributed by atoms with Crippen LogP contribution in [0.2, 0.25) is 0 Å². The summed E-state index contributed by atoms with van der Waals surface area (Å²) >= 11 is 0. The number of hydrogen-bond acceptors (Lipinski definition) is 7. The van der Waals surface area contributed by atoms with E-state index in [1.165, 1.54) is 34.3 Å². The van der Waals surface area contributed by atoms with Crippen molar-refractivity contribution in [3.8, 4) is 5.75 Å². The average Bonchev–Trinajstić information content (AvgIpc) is 3.37. The molecule has 0 fully saturated rings. The highest BCUT2D eigenvalue weighted by atomic mass is 32.2. The molecule has 200 valence electrons. The standard InChI is InChI=1S/C25H32N4O7S/c1-18-15-21(35-4)9-10-22(18)37(33,34)28(3)13-14-36-17-23(30)27(2)16-19-5-7-20(8-6-19)24-26-11-12-29(24)25(31)32/h5-10,15H,11-14,16-17H2,1-4H3,(H,31,32). The Bertz CT molecular complexity index is 1260. The van der Waals surface area contributed by atoms with Gasteiger partial charge in [0.1, 0.15) is 18.2 Å². The summed E-state index contributed by atoms with van der Waals surface area (Å²) in [7, 11) is 0.920. The Balaban J connectivity index is 1.46. The Kier molecular flexibility index (Phi) is 9.24. The van der Waals surface area contributed by atoms with Crippen LogP contribution in [0.15, 0.2) is 52.4 Å². The number of likely N-dealkylation sites (N-methyl/N-ethyl adjacent to an activating group) is 2. The third-order valence-electron chi connectivity index (χ3n) is 5.98. The fraction of sp³-hybridized carbons (Fsp3) is 0.400. The van der Waals surface area contributed by atoms with E-state index in [0.29, 0.717) is 42.3 Å². The van der Waals surface area contributed by atoms with Crippen molar-refractivity contribution in [1.82, 2.24) is 14.1 Å². The summed E-state index contributed by atoms with van der Waals surface area (Å²) < 4.78 is 37.5. The molecule has 0 radical (unpaired) electrons. The first-order valence-electron chi connectivity index (χ1n) is 11.6. The van der Waals surface area contributed by atoms with Gasteiger partial charge in [-0.1, -0.05) is 24.3 Å². The van der Waals surface area contributed by atoms with Crippen molar-refractivity contribution in [3.05, 3.63) is 59.2 Å². The number of aryl methyl sites for hydroxylation is 1. The maximum Gasteiger partial charge on any atom is 0.413 e. The number of nitrogens with zero attached hydrogens (tertiary/aromatic N) is 4. The van der Waals surface area contributed by atoms with Crippen LogP contribution in [0.25, 0.3) is 0 Å². The lowest BCUT2D eigenvalue weighted by Crippen LogP contribution is -2.34. The van der Waals surface area contributed by atoms with Crippen molar-refractivity contribution in [2.45, 2.75) is 18.4 Å². The van der Waals surface area contributed by atoms with Crippen LogP contribution in [0.5, 0.6) is 5.75 Å². The van der Waals surface area contributed by atoms with Gasteiger partial charge >= 0.3 is 6.09 Å². The predicted molar refractivity (Wildman–Crippen MR) is 137 cm³/mol. The maximum atomic E-state index is 12.9. The number of sulfonamides is 1. The molecule has 37 heavy (non-hydrogen) atoms. The third-order valence-corrected chi connectivity index (χ3v) is 7.99. The number of carboxylic acid groups (broad SMARTS) is 1. The fourth-order valence-electron chi connectivity index (χ4n) is 3.79. The molecule has 1 heterocycles. The second-order valence-corrected chi connectivity index (χ2v) is 10.6. The Hall–Kier alpha value is -3.48. The number of rotatable bonds is 11. The van der Waals surface area contributed by atoms with Crippen LogP contribution in [0, 0.1) is 6.92 Å². The lowest BCUT2D eigenvalue weighted by atomic mass is 10.1. The first-order chi connectivity index (χ1) is 17.5. The molecule has 12 heteroatoms. The first kappa shape index (κ1) is 28.1. The van der Waals surface area contributed by atoms with Gasteiger partial charge in [0.2, 0.25) is 15.9 Å². The number of amidine groups is 1. The van der Waals surface area contributed by atoms with E-state index in [-0.39, 0.29) is 30.6 Å². The Morgan fingerprint density at radius 2 is 1.84 bits per heavy atom. The topological polar surface area (TPSA) is 129 Å². The summed E-state index contributed by atoms with van der Waals surface area (Å²) in [4.78, 5) is 31.0. The van der Waals surface area contributed by atoms with Crippen LogP contribution in [-0.2, 0) is 26.1 Å². The second-order valence-electron chi connectivity index (χ2n) is 8.60. The van der Waals surface area contributed by atoms with Crippen LogP contribution < -0.4 is 4.74 Å². The highest BCUT2D eigenvalue weighted by molar-refractivity contribution is 7.89. The van der Waals surface area contributed by atoms with Gasteiger partial charge in [-0.25, -0.2) is 13.2 Å². The Morgan fingerprint density at radius 1 is 1.14 bits per heavy atom. The van der Waals surface area contributed by atoms with Crippen LogP contribution in [0.1, 0.15) is 16.7 Å². The second kappa shape index (κ2) is 12.2. The SMILES string of the molecule is COc1ccc(S(=O)(=O)N(C)CCOCC(=O)N(C)Cc2ccc(C3=NCCN3C(=O)O)cc2)c(C)c1. The summed E-state index contributed by atoms with van der Waals surface area (Å²) in [6.07, 6.45) is -1.04. The van der Waals surface area contributed by atoms with Gasteiger partial charge in [-0.3, -0.25) is 14.7 Å². The smallest absolute Gasteiger partial charge is 0.413 e. The zero-order valence-electron chi connectivity index (χ0n) is 21.4. The lowest BCUT2D eigenvalue weighted by Gasteiger charge is -2.20. The lowest BCUT2D eigenvalue weighted by molar-refractivity contribution is -0.135. The fourth-order valence-corrected chi connectivity index (χ4v) is 5.15. The zero-order valence-corrected chi connectivity index (χ0v) is 22.2. The molecule has 11 nitrogen and oxygen atoms in total. The van der Waals surface area contributed by atoms with Crippen LogP contribution in [0.4, 0.5) is 4.79 Å². The molecule has 0 unspecified atom stereocenters. The predicted octanol–water partition coefficient (Wildman–Crippen LogP) is 2.04. The van der Waals surface area contributed by atoms with Crippen molar-refractivity contribution in [1.29, 1.82) is 0 Å². The van der Waals surface area contributed by atoms with Gasteiger partial charge in [0, 0.05) is 32.7 Å². The van der Waals surface area contributed by atoms with E-state index in [9.17, 15) is 23.1 Å². The van der Waals surface area contributed by atoms with Gasteiger partial charge in [-0.05, 0) is 36.2 Å². The molecule has 0 aromatic heterocycles. The van der Waals surface area contributed by atoms with Gasteiger partial charge in [-0.15, -0.1) is 0 Å². The van der Waals surface area contributed by atoms with Gasteiger partial charge < -0.3 is 19.5 Å². The molecule has 1 aliphatic rings. The summed E-state index contributed by atoms with van der Waals surface area (Å²) in [5, 5.41) is 9.27. The summed E-state index contributed by atoms with van der Waals surface area (Å²) in [6.45, 7) is 2.77. The molecule has 1 N–H and O–H groups in total. The van der Waals surface area contributed by atoms with Crippen molar-refractivity contribution in [3.63, 3.8) is 0 Å². The van der Waals surface area contributed by atoms with Crippen LogP contribution >= 0.6 is 0 Å². The molecule has 1 aliphatic heterocycles. The summed E-state index contributed by atoms with van der Waals surface area (Å²) in [6, 6.07) is 12.0. The number of carbonyl (C=O) groups is 2. The number of amides is 2. The molecule has 0 bridgehead atoms. The number of aliphatic imine (C=N–C) groups is 1. The summed E-state index contributed by atoms with van der Waals surface area (Å²) in [5.41, 5.74) is 2.14. The number of carbonyl (C=O) groups excluding carboxylic acids is 1. The quantitative estimate of drug-likeness (QED) is 0.439. The maximum absolute atomic E-state index is 12.9. The number of benzene rings is 2. The number of methoxy groups -OCH3 is 1. The van der Waals surface area contributed by atoms with E-state index in [1.54, 1.807) is 38.2 Å². The molecule has 0 spiro atoms. The third kappa shape index (κ3) is 6.85. The molecule has 0 saturated heterocycles. The molecular formula is C25H32N4O7S. The van der Waals surface area contributed by atoms with Crippen molar-refractivity contribution < 1.29 is 32.6 Å². The van der Waals surface area contributed by atoms with E-state index >= 15 is 0 Å². The monoisotopic (exact) mass is 532 g/mol. The van der Waals surface area contributed by atoms with Gasteiger partial charge in [0.05, 0.1) is 31.7 Å². The minimum absolute atomic E-state index is 0.0569. The minimum atomic E-state index is -3.71. The van der Waals surface area contributed by atoms with E-state index in [4.69, 9.17) is 9.47 Å². The van der Waals surface area contributed by atoms with Crippen molar-refractivity contribution >= 4 is 27.9 Å². The first-order valence-corrected chi connectivity index (χ1v) is 13.1. The largest absolute Gasteiger partial charge is 0.497 e. The van der Waals surface area contributed by atoms with E-state index in [2.05, 4.69) is 4.99 Å². The molecule has 0 aliphatic carbocycles. The molecular weight excluding hydrogens is 500 g/mol. The number of ether oxygens (including phenoxy) is 2. The highest BCUT2D eigenvalue weighted by Gasteiger charge is 2.25. The zero-order chi connectivity index (χ0) is 27.2. The Labute approximate surface area is 217 Å². The van der Waals surface area contributed by atoms with Crippen molar-refractivity contribution in [2.75, 3.05) is 54.1 Å². The normalized spacial score (nSPS) is 13.5. The van der Waals surface area contributed by atoms with Gasteiger partial charge in [0.25, 0.3) is 0 Å². The molecule has 0 saturated carbocycles. The van der Waals surface area contributed by atoms with E-state index in [1.807, 2.05) is 12.1 Å². The highest BCUT2D eigenvalue weighted by Crippen LogP contribution is 2.23. The van der Waals surface area contributed by atoms with Crippen LogP contribution in [0.3, 0.4) is 0 Å². The number of hydrogen-bond donors (Lipinski definition) is 1. The molecule has 2 amide bonds. The van der Waals surface area contributed by atoms with Gasteiger partial charge in [-0.2, -0.15) is 4.31 Å². The molecule has 0 atom stereocenters. The van der Waals surface area contributed by atoms with Gasteiger partial charge in [0.15, 0.2) is 0 Å². The molecule has 2 aromatic rings. The molecule has 3 rings (SSSR count). The van der Waals surface area contributed by atoms with E-state index < -0.39 is 16.1 Å². The minimum Gasteiger partial charge on any atom is -0.497 e. The van der Waals surface area contributed by atoms with E-state index in [0.717, 1.165) is 5.56 Å².